The lowest BCUT2D eigenvalue weighted by Gasteiger charge is -2.47. The summed E-state index contributed by atoms with van der Waals surface area (Å²) in [5.74, 6) is 0. The molecule has 186 valence electrons. The van der Waals surface area contributed by atoms with E-state index in [1.165, 1.54) is 24.3 Å². The zero-order chi connectivity index (χ0) is 25.5. The van der Waals surface area contributed by atoms with Crippen molar-refractivity contribution in [2.75, 3.05) is 0 Å². The minimum atomic E-state index is -5.48. The molecule has 0 spiro atoms. The Hall–Kier alpha value is -2.53. The third-order valence-electron chi connectivity index (χ3n) is 6.74. The number of nitrogens with zero attached hydrogens (tertiary/aromatic N) is 2. The molecule has 1 fully saturated rings. The summed E-state index contributed by atoms with van der Waals surface area (Å²) in [6.45, 7) is 0. The summed E-state index contributed by atoms with van der Waals surface area (Å²) in [5.41, 5.74) is -7.08. The van der Waals surface area contributed by atoms with E-state index in [1.54, 1.807) is 36.4 Å². The number of hydrogen-bond donors (Lipinski definition) is 0. The summed E-state index contributed by atoms with van der Waals surface area (Å²) in [5, 5.41) is -0.398. The van der Waals surface area contributed by atoms with Crippen LogP contribution in [0.1, 0.15) is 24.0 Å². The van der Waals surface area contributed by atoms with E-state index in [0.717, 1.165) is 0 Å². The van der Waals surface area contributed by atoms with E-state index in [2.05, 4.69) is 9.98 Å². The summed E-state index contributed by atoms with van der Waals surface area (Å²) in [4.78, 5) is 6.51. The van der Waals surface area contributed by atoms with Crippen molar-refractivity contribution in [2.24, 2.45) is 9.98 Å². The molecule has 0 amide bonds. The van der Waals surface area contributed by atoms with Crippen LogP contribution < -0.4 is 0 Å². The molecule has 2 aromatic rings. The van der Waals surface area contributed by atoms with Gasteiger partial charge in [0.25, 0.3) is 0 Å². The summed E-state index contributed by atoms with van der Waals surface area (Å²) >= 11 is 1.09. The lowest BCUT2D eigenvalue weighted by atomic mass is 9.69. The highest BCUT2D eigenvalue weighted by Crippen LogP contribution is 2.72. The van der Waals surface area contributed by atoms with E-state index in [4.69, 9.17) is 0 Å². The van der Waals surface area contributed by atoms with Crippen LogP contribution in [0.3, 0.4) is 0 Å². The average molecular weight is 541 g/mol. The van der Waals surface area contributed by atoms with Crippen molar-refractivity contribution in [1.29, 1.82) is 0 Å². The molecular weight excluding hydrogens is 525 g/mol. The second-order valence-corrected chi connectivity index (χ2v) is 10.8. The normalized spacial score (nSPS) is 29.7. The fourth-order valence-electron chi connectivity index (χ4n) is 5.27. The van der Waals surface area contributed by atoms with Crippen molar-refractivity contribution in [2.45, 2.75) is 42.4 Å². The summed E-state index contributed by atoms with van der Waals surface area (Å²) < 4.78 is 106. The van der Waals surface area contributed by atoms with Gasteiger partial charge in [0.15, 0.2) is 0 Å². The number of rotatable bonds is 2. The van der Waals surface area contributed by atoms with E-state index >= 15 is 26.3 Å². The van der Waals surface area contributed by atoms with E-state index in [1.807, 2.05) is 0 Å². The first kappa shape index (κ1) is 23.8. The molecule has 2 aliphatic heterocycles. The molecule has 2 atom stereocenters. The molecule has 0 aromatic heterocycles. The smallest absolute Gasteiger partial charge is 0.252 e. The fraction of sp³-hybridized carbons (Fsp3) is 0.280. The SMILES string of the molecule is FC1CC2=C3SC(c4ccccc4)=NC3(C(F)(F)F)C3(C(F)(F)F)N=C(c4ccccc4)SC3=C2C1. The molecule has 2 nitrogen and oxygen atoms in total. The second-order valence-electron chi connectivity index (χ2n) is 8.81. The third-order valence-corrected chi connectivity index (χ3v) is 9.27. The van der Waals surface area contributed by atoms with Gasteiger partial charge >= 0.3 is 12.4 Å². The highest BCUT2D eigenvalue weighted by Gasteiger charge is 2.84. The largest absolute Gasteiger partial charge is 0.421 e. The first-order chi connectivity index (χ1) is 17.0. The van der Waals surface area contributed by atoms with Gasteiger partial charge in [-0.05, 0) is 11.1 Å². The van der Waals surface area contributed by atoms with E-state index in [-0.39, 0.29) is 32.4 Å². The molecule has 2 aromatic carbocycles. The predicted molar refractivity (Wildman–Crippen MR) is 127 cm³/mol. The Kier molecular flexibility index (Phi) is 5.12. The summed E-state index contributed by atoms with van der Waals surface area (Å²) in [7, 11) is 0. The van der Waals surface area contributed by atoms with Crippen molar-refractivity contribution in [3.63, 3.8) is 0 Å². The maximum Gasteiger partial charge on any atom is 0.421 e. The molecule has 0 bridgehead atoms. The maximum atomic E-state index is 15.2. The van der Waals surface area contributed by atoms with Gasteiger partial charge in [0.05, 0.1) is 0 Å². The van der Waals surface area contributed by atoms with Crippen LogP contribution in [0.4, 0.5) is 30.7 Å². The molecule has 0 radical (unpaired) electrons. The van der Waals surface area contributed by atoms with Gasteiger partial charge < -0.3 is 0 Å². The van der Waals surface area contributed by atoms with Crippen molar-refractivity contribution in [3.8, 4) is 0 Å². The molecule has 4 aliphatic rings. The van der Waals surface area contributed by atoms with Crippen LogP contribution in [-0.2, 0) is 0 Å². The number of halogens is 7. The van der Waals surface area contributed by atoms with E-state index in [0.29, 0.717) is 23.5 Å². The Balaban J connectivity index is 1.73. The monoisotopic (exact) mass is 540 g/mol. The molecule has 2 aliphatic carbocycles. The standard InChI is InChI=1S/C25H15F7N2S2/c26-15-11-16-17(12-15)19-23(25(30,31)32,34-21(36-19)14-9-5-2-6-10-14)22(24(27,28)29)18(16)35-20(33-22)13-7-3-1-4-8-13/h1-10,15H,11-12H2. The topological polar surface area (TPSA) is 24.7 Å². The van der Waals surface area contributed by atoms with Crippen LogP contribution in [0.15, 0.2) is 91.6 Å². The van der Waals surface area contributed by atoms with Gasteiger partial charge in [0.2, 0.25) is 11.1 Å². The molecular formula is C25H15F7N2S2. The molecule has 0 saturated heterocycles. The van der Waals surface area contributed by atoms with E-state index in [9.17, 15) is 4.39 Å². The molecule has 0 N–H and O–H groups in total. The summed E-state index contributed by atoms with van der Waals surface area (Å²) in [6.07, 6.45) is -13.3. The van der Waals surface area contributed by atoms with Gasteiger partial charge in [-0.15, -0.1) is 0 Å². The molecule has 6 rings (SSSR count). The quantitative estimate of drug-likeness (QED) is 0.366. The van der Waals surface area contributed by atoms with Gasteiger partial charge in [-0.1, -0.05) is 84.2 Å². The van der Waals surface area contributed by atoms with Gasteiger partial charge in [0.1, 0.15) is 16.3 Å². The van der Waals surface area contributed by atoms with Gasteiger partial charge in [0, 0.05) is 33.8 Å². The van der Waals surface area contributed by atoms with Gasteiger partial charge in [-0.3, -0.25) is 9.98 Å². The van der Waals surface area contributed by atoms with Crippen LogP contribution in [0, 0.1) is 0 Å². The molecule has 11 heteroatoms. The van der Waals surface area contributed by atoms with Gasteiger partial charge in [-0.25, -0.2) is 4.39 Å². The minimum absolute atomic E-state index is 0.0357. The lowest BCUT2D eigenvalue weighted by molar-refractivity contribution is -0.247. The van der Waals surface area contributed by atoms with Crippen LogP contribution in [0.25, 0.3) is 0 Å². The van der Waals surface area contributed by atoms with Crippen LogP contribution in [0.5, 0.6) is 0 Å². The van der Waals surface area contributed by atoms with Crippen molar-refractivity contribution in [3.05, 3.63) is 92.7 Å². The number of alkyl halides is 7. The molecule has 36 heavy (non-hydrogen) atoms. The fourth-order valence-corrected chi connectivity index (χ4v) is 8.10. The molecule has 2 heterocycles. The summed E-state index contributed by atoms with van der Waals surface area (Å²) in [6, 6.07) is 15.5. The Morgan fingerprint density at radius 1 is 0.639 bits per heavy atom. The molecule has 1 saturated carbocycles. The number of fused-ring (bicyclic) bond motifs is 4. The number of aliphatic imine (C=N–C) groups is 2. The van der Waals surface area contributed by atoms with Gasteiger partial charge in [-0.2, -0.15) is 26.3 Å². The highest BCUT2D eigenvalue weighted by atomic mass is 32.2. The zero-order valence-electron chi connectivity index (χ0n) is 18.1. The number of hydrogen-bond acceptors (Lipinski definition) is 4. The Bertz CT molecular complexity index is 1270. The number of thioether (sulfide) groups is 2. The predicted octanol–water partition coefficient (Wildman–Crippen LogP) is 7.63. The Morgan fingerprint density at radius 2 is 1.00 bits per heavy atom. The first-order valence-corrected chi connectivity index (χ1v) is 12.5. The number of benzene rings is 2. The maximum absolute atomic E-state index is 15.2. The van der Waals surface area contributed by atoms with Crippen molar-refractivity contribution in [1.82, 2.24) is 0 Å². The minimum Gasteiger partial charge on any atom is -0.252 e. The van der Waals surface area contributed by atoms with E-state index < -0.39 is 52.3 Å². The Morgan fingerprint density at radius 3 is 1.33 bits per heavy atom. The number of allylic oxidation sites excluding steroid dienone is 2. The Labute approximate surface area is 209 Å². The average Bonchev–Trinajstić information content (AvgIpc) is 3.53. The second kappa shape index (κ2) is 7.74. The highest BCUT2D eigenvalue weighted by molar-refractivity contribution is 8.18. The zero-order valence-corrected chi connectivity index (χ0v) is 19.8. The van der Waals surface area contributed by atoms with Crippen LogP contribution >= 0.6 is 23.5 Å². The lowest BCUT2D eigenvalue weighted by Crippen LogP contribution is -2.68. The van der Waals surface area contributed by atoms with Crippen molar-refractivity contribution >= 4 is 33.6 Å². The first-order valence-electron chi connectivity index (χ1n) is 10.9. The van der Waals surface area contributed by atoms with Crippen LogP contribution in [0.2, 0.25) is 0 Å². The van der Waals surface area contributed by atoms with Crippen molar-refractivity contribution < 1.29 is 30.7 Å². The van der Waals surface area contributed by atoms with Crippen LogP contribution in [-0.4, -0.2) is 39.7 Å². The molecule has 2 unspecified atom stereocenters. The third kappa shape index (κ3) is 3.01.